The van der Waals surface area contributed by atoms with Crippen molar-refractivity contribution in [3.05, 3.63) is 0 Å². The van der Waals surface area contributed by atoms with Gasteiger partial charge in [0.25, 0.3) is 0 Å². The lowest BCUT2D eigenvalue weighted by Crippen LogP contribution is -2.25. The highest BCUT2D eigenvalue weighted by molar-refractivity contribution is 5.74. The number of methoxy groups -OCH3 is 1. The third-order valence-electron chi connectivity index (χ3n) is 1.52. The highest BCUT2D eigenvalue weighted by Gasteiger charge is 2.02. The molecule has 0 aromatic carbocycles. The van der Waals surface area contributed by atoms with Crippen molar-refractivity contribution in [3.63, 3.8) is 0 Å². The van der Waals surface area contributed by atoms with Crippen LogP contribution in [0.15, 0.2) is 0 Å². The molecular formula is C9H19NO3. The molecule has 13 heavy (non-hydrogen) atoms. The van der Waals surface area contributed by atoms with E-state index in [2.05, 4.69) is 19.3 Å². The van der Waals surface area contributed by atoms with E-state index in [0.29, 0.717) is 25.6 Å². The van der Waals surface area contributed by atoms with Crippen LogP contribution in [0, 0.1) is 5.92 Å². The number of ether oxygens (including phenoxy) is 1. The standard InChI is InChI=1S/C9H19NO3/c1-8(2)4-5-9(11)10-13-7-6-12-3/h8H,4-7H2,1-3H3,(H,10,11). The Balaban J connectivity index is 3.20. The zero-order valence-corrected chi connectivity index (χ0v) is 8.63. The summed E-state index contributed by atoms with van der Waals surface area (Å²) in [5.74, 6) is 0.481. The summed E-state index contributed by atoms with van der Waals surface area (Å²) in [5, 5.41) is 0. The lowest BCUT2D eigenvalue weighted by Gasteiger charge is -2.06. The van der Waals surface area contributed by atoms with Crippen molar-refractivity contribution < 1.29 is 14.4 Å². The largest absolute Gasteiger partial charge is 0.382 e. The smallest absolute Gasteiger partial charge is 0.243 e. The van der Waals surface area contributed by atoms with E-state index < -0.39 is 0 Å². The average molecular weight is 189 g/mol. The van der Waals surface area contributed by atoms with Gasteiger partial charge in [-0.3, -0.25) is 9.63 Å². The topological polar surface area (TPSA) is 47.6 Å². The first-order chi connectivity index (χ1) is 6.16. The minimum Gasteiger partial charge on any atom is -0.382 e. The van der Waals surface area contributed by atoms with Crippen molar-refractivity contribution in [2.24, 2.45) is 5.92 Å². The van der Waals surface area contributed by atoms with Gasteiger partial charge in [0.15, 0.2) is 0 Å². The lowest BCUT2D eigenvalue weighted by atomic mass is 10.1. The number of nitrogens with one attached hydrogen (secondary N) is 1. The van der Waals surface area contributed by atoms with Crippen molar-refractivity contribution in [1.29, 1.82) is 0 Å². The predicted molar refractivity (Wildman–Crippen MR) is 50.0 cm³/mol. The van der Waals surface area contributed by atoms with Crippen LogP contribution in [-0.4, -0.2) is 26.2 Å². The van der Waals surface area contributed by atoms with Crippen molar-refractivity contribution in [3.8, 4) is 0 Å². The second-order valence-electron chi connectivity index (χ2n) is 3.30. The number of hydrogen-bond acceptors (Lipinski definition) is 3. The molecule has 0 aromatic rings. The molecular weight excluding hydrogens is 170 g/mol. The Bertz CT molecular complexity index is 137. The van der Waals surface area contributed by atoms with E-state index in [9.17, 15) is 4.79 Å². The zero-order chi connectivity index (χ0) is 10.1. The van der Waals surface area contributed by atoms with Gasteiger partial charge in [-0.25, -0.2) is 5.48 Å². The first-order valence-electron chi connectivity index (χ1n) is 4.56. The molecule has 0 heterocycles. The molecule has 4 nitrogen and oxygen atoms in total. The molecule has 0 fully saturated rings. The average Bonchev–Trinajstić information content (AvgIpc) is 2.09. The third kappa shape index (κ3) is 9.30. The number of carbonyl (C=O) groups excluding carboxylic acids is 1. The van der Waals surface area contributed by atoms with Gasteiger partial charge in [-0.05, 0) is 12.3 Å². The predicted octanol–water partition coefficient (Wildman–Crippen LogP) is 1.12. The molecule has 0 saturated carbocycles. The zero-order valence-electron chi connectivity index (χ0n) is 8.63. The lowest BCUT2D eigenvalue weighted by molar-refractivity contribution is -0.134. The van der Waals surface area contributed by atoms with E-state index in [0.717, 1.165) is 6.42 Å². The van der Waals surface area contributed by atoms with E-state index >= 15 is 0 Å². The van der Waals surface area contributed by atoms with Gasteiger partial charge >= 0.3 is 0 Å². The second-order valence-corrected chi connectivity index (χ2v) is 3.30. The van der Waals surface area contributed by atoms with Crippen LogP contribution in [0.25, 0.3) is 0 Å². The molecule has 0 unspecified atom stereocenters. The van der Waals surface area contributed by atoms with E-state index in [1.54, 1.807) is 7.11 Å². The summed E-state index contributed by atoms with van der Waals surface area (Å²) in [4.78, 5) is 15.9. The van der Waals surface area contributed by atoms with E-state index in [4.69, 9.17) is 9.57 Å². The Morgan fingerprint density at radius 3 is 2.62 bits per heavy atom. The SMILES string of the molecule is COCCONC(=O)CCC(C)C. The van der Waals surface area contributed by atoms with Gasteiger partial charge in [0, 0.05) is 13.5 Å². The van der Waals surface area contributed by atoms with E-state index in [-0.39, 0.29) is 5.91 Å². The van der Waals surface area contributed by atoms with Crippen LogP contribution in [0.4, 0.5) is 0 Å². The molecule has 0 spiro atoms. The second kappa shape index (κ2) is 8.01. The summed E-state index contributed by atoms with van der Waals surface area (Å²) in [6.07, 6.45) is 1.41. The first kappa shape index (κ1) is 12.4. The van der Waals surface area contributed by atoms with Gasteiger partial charge < -0.3 is 4.74 Å². The molecule has 0 saturated heterocycles. The maximum atomic E-state index is 11.0. The molecule has 0 bridgehead atoms. The fourth-order valence-electron chi connectivity index (χ4n) is 0.727. The maximum absolute atomic E-state index is 11.0. The summed E-state index contributed by atoms with van der Waals surface area (Å²) in [7, 11) is 1.59. The summed E-state index contributed by atoms with van der Waals surface area (Å²) in [5.41, 5.74) is 2.35. The van der Waals surface area contributed by atoms with Crippen LogP contribution in [0.2, 0.25) is 0 Å². The number of rotatable bonds is 7. The summed E-state index contributed by atoms with van der Waals surface area (Å²) in [6.45, 7) is 5.05. The van der Waals surface area contributed by atoms with Crippen LogP contribution in [0.1, 0.15) is 26.7 Å². The molecule has 4 heteroatoms. The quantitative estimate of drug-likeness (QED) is 0.482. The number of hydroxylamine groups is 1. The number of hydrogen-bond donors (Lipinski definition) is 1. The molecule has 78 valence electrons. The Kier molecular flexibility index (Phi) is 7.63. The maximum Gasteiger partial charge on any atom is 0.243 e. The molecule has 1 amide bonds. The summed E-state index contributed by atoms with van der Waals surface area (Å²) < 4.78 is 4.75. The molecule has 0 atom stereocenters. The minimum atomic E-state index is -0.0650. The normalized spacial score (nSPS) is 10.5. The van der Waals surface area contributed by atoms with Gasteiger partial charge in [-0.15, -0.1) is 0 Å². The van der Waals surface area contributed by atoms with Gasteiger partial charge in [-0.2, -0.15) is 0 Å². The van der Waals surface area contributed by atoms with Crippen LogP contribution in [-0.2, 0) is 14.4 Å². The van der Waals surface area contributed by atoms with Gasteiger partial charge in [0.05, 0.1) is 13.2 Å². The molecule has 0 aliphatic heterocycles. The third-order valence-corrected chi connectivity index (χ3v) is 1.52. The van der Waals surface area contributed by atoms with Gasteiger partial charge in [0.1, 0.15) is 0 Å². The van der Waals surface area contributed by atoms with Crippen LogP contribution in [0.5, 0.6) is 0 Å². The van der Waals surface area contributed by atoms with Crippen molar-refractivity contribution in [2.45, 2.75) is 26.7 Å². The molecule has 0 radical (unpaired) electrons. The number of amides is 1. The molecule has 0 aromatic heterocycles. The molecule has 0 aliphatic carbocycles. The van der Waals surface area contributed by atoms with Crippen LogP contribution in [0.3, 0.4) is 0 Å². The van der Waals surface area contributed by atoms with Crippen molar-refractivity contribution in [1.82, 2.24) is 5.48 Å². The fourth-order valence-corrected chi connectivity index (χ4v) is 0.727. The molecule has 0 rings (SSSR count). The summed E-state index contributed by atoms with van der Waals surface area (Å²) >= 11 is 0. The number of carbonyl (C=O) groups is 1. The van der Waals surface area contributed by atoms with Crippen molar-refractivity contribution in [2.75, 3.05) is 20.3 Å². The molecule has 1 N–H and O–H groups in total. The van der Waals surface area contributed by atoms with E-state index in [1.807, 2.05) is 0 Å². The Labute approximate surface area is 79.6 Å². The van der Waals surface area contributed by atoms with Crippen LogP contribution < -0.4 is 5.48 Å². The highest BCUT2D eigenvalue weighted by Crippen LogP contribution is 2.02. The van der Waals surface area contributed by atoms with Crippen LogP contribution >= 0.6 is 0 Å². The minimum absolute atomic E-state index is 0.0650. The van der Waals surface area contributed by atoms with E-state index in [1.165, 1.54) is 0 Å². The van der Waals surface area contributed by atoms with Gasteiger partial charge in [-0.1, -0.05) is 13.8 Å². The fraction of sp³-hybridized carbons (Fsp3) is 0.889. The Morgan fingerprint density at radius 1 is 1.38 bits per heavy atom. The summed E-state index contributed by atoms with van der Waals surface area (Å²) in [6, 6.07) is 0. The Hall–Kier alpha value is -0.610. The van der Waals surface area contributed by atoms with Gasteiger partial charge in [0.2, 0.25) is 5.91 Å². The van der Waals surface area contributed by atoms with Crippen molar-refractivity contribution >= 4 is 5.91 Å². The molecule has 0 aliphatic rings. The monoisotopic (exact) mass is 189 g/mol. The highest BCUT2D eigenvalue weighted by atomic mass is 16.7. The Morgan fingerprint density at radius 2 is 2.08 bits per heavy atom. The first-order valence-corrected chi connectivity index (χ1v) is 4.56.